The Morgan fingerprint density at radius 2 is 2.00 bits per heavy atom. The fourth-order valence-electron chi connectivity index (χ4n) is 1.56. The summed E-state index contributed by atoms with van der Waals surface area (Å²) in [6, 6.07) is 0. The molecule has 0 aromatic rings. The summed E-state index contributed by atoms with van der Waals surface area (Å²) >= 11 is 0. The standard InChI is InChI=1S/C12H19N/c1-12(2,3)10-8-6-5-7-9-11(10)13-4/h5,7-9,13H,6H2,1-4H3. The molecule has 0 bridgehead atoms. The second kappa shape index (κ2) is 3.82. The number of likely N-dealkylation sites (N-methyl/N-ethyl adjacent to an activating group) is 1. The summed E-state index contributed by atoms with van der Waals surface area (Å²) in [7, 11) is 1.98. The zero-order valence-electron chi connectivity index (χ0n) is 9.02. The van der Waals surface area contributed by atoms with E-state index in [1.165, 1.54) is 11.3 Å². The predicted molar refractivity (Wildman–Crippen MR) is 58.4 cm³/mol. The van der Waals surface area contributed by atoms with E-state index in [2.05, 4.69) is 50.4 Å². The Morgan fingerprint density at radius 3 is 2.54 bits per heavy atom. The zero-order valence-corrected chi connectivity index (χ0v) is 9.02. The fraction of sp³-hybridized carbons (Fsp3) is 0.500. The van der Waals surface area contributed by atoms with Crippen LogP contribution in [0, 0.1) is 5.41 Å². The molecule has 1 aliphatic rings. The normalized spacial score (nSPS) is 17.5. The molecule has 0 spiro atoms. The van der Waals surface area contributed by atoms with Gasteiger partial charge in [-0.15, -0.1) is 0 Å². The second-order valence-corrected chi connectivity index (χ2v) is 4.36. The largest absolute Gasteiger partial charge is 0.388 e. The van der Waals surface area contributed by atoms with E-state index in [0.717, 1.165) is 6.42 Å². The zero-order chi connectivity index (χ0) is 9.90. The average molecular weight is 177 g/mol. The Morgan fingerprint density at radius 1 is 1.31 bits per heavy atom. The van der Waals surface area contributed by atoms with Crippen LogP contribution in [0.4, 0.5) is 0 Å². The van der Waals surface area contributed by atoms with Gasteiger partial charge in [0.05, 0.1) is 0 Å². The van der Waals surface area contributed by atoms with Gasteiger partial charge in [-0.3, -0.25) is 0 Å². The molecule has 0 aromatic carbocycles. The molecule has 13 heavy (non-hydrogen) atoms. The van der Waals surface area contributed by atoms with E-state index >= 15 is 0 Å². The van der Waals surface area contributed by atoms with Crippen LogP contribution in [0.3, 0.4) is 0 Å². The van der Waals surface area contributed by atoms with Crippen LogP contribution in [-0.2, 0) is 0 Å². The van der Waals surface area contributed by atoms with Crippen molar-refractivity contribution in [3.8, 4) is 0 Å². The van der Waals surface area contributed by atoms with Gasteiger partial charge in [0.15, 0.2) is 0 Å². The number of rotatable bonds is 1. The minimum atomic E-state index is 0.223. The Kier molecular flexibility index (Phi) is 2.97. The van der Waals surface area contributed by atoms with Crippen LogP contribution in [0.15, 0.2) is 35.6 Å². The molecule has 1 aliphatic carbocycles. The van der Waals surface area contributed by atoms with Crippen molar-refractivity contribution < 1.29 is 0 Å². The molecule has 0 radical (unpaired) electrons. The first-order chi connectivity index (χ1) is 6.05. The summed E-state index contributed by atoms with van der Waals surface area (Å²) in [5.41, 5.74) is 2.86. The van der Waals surface area contributed by atoms with E-state index in [0.29, 0.717) is 0 Å². The van der Waals surface area contributed by atoms with Gasteiger partial charge in [-0.2, -0.15) is 0 Å². The van der Waals surface area contributed by atoms with Gasteiger partial charge in [-0.25, -0.2) is 0 Å². The minimum Gasteiger partial charge on any atom is -0.388 e. The molecule has 0 aromatic heterocycles. The van der Waals surface area contributed by atoms with E-state index < -0.39 is 0 Å². The molecular formula is C12H19N. The lowest BCUT2D eigenvalue weighted by Crippen LogP contribution is -2.18. The molecule has 1 N–H and O–H groups in total. The Hall–Kier alpha value is -0.980. The quantitative estimate of drug-likeness (QED) is 0.649. The molecule has 0 fully saturated rings. The van der Waals surface area contributed by atoms with Crippen molar-refractivity contribution in [2.24, 2.45) is 5.41 Å². The van der Waals surface area contributed by atoms with Gasteiger partial charge in [0, 0.05) is 12.7 Å². The molecule has 72 valence electrons. The number of nitrogens with one attached hydrogen (secondary N) is 1. The molecule has 0 aliphatic heterocycles. The van der Waals surface area contributed by atoms with Crippen LogP contribution >= 0.6 is 0 Å². The predicted octanol–water partition coefficient (Wildman–Crippen LogP) is 3.02. The highest BCUT2D eigenvalue weighted by atomic mass is 14.8. The maximum atomic E-state index is 3.24. The third kappa shape index (κ3) is 2.48. The van der Waals surface area contributed by atoms with Crippen LogP contribution in [0.5, 0.6) is 0 Å². The van der Waals surface area contributed by atoms with E-state index in [9.17, 15) is 0 Å². The third-order valence-corrected chi connectivity index (χ3v) is 2.22. The minimum absolute atomic E-state index is 0.223. The molecule has 0 saturated carbocycles. The molecule has 1 heteroatoms. The lowest BCUT2D eigenvalue weighted by molar-refractivity contribution is 0.503. The maximum Gasteiger partial charge on any atom is 0.0372 e. The first-order valence-corrected chi connectivity index (χ1v) is 4.81. The Labute approximate surface area is 81.2 Å². The first-order valence-electron chi connectivity index (χ1n) is 4.81. The molecular weight excluding hydrogens is 158 g/mol. The van der Waals surface area contributed by atoms with Crippen LogP contribution in [0.2, 0.25) is 0 Å². The van der Waals surface area contributed by atoms with Gasteiger partial charge in [0.1, 0.15) is 0 Å². The van der Waals surface area contributed by atoms with Gasteiger partial charge >= 0.3 is 0 Å². The van der Waals surface area contributed by atoms with E-state index in [-0.39, 0.29) is 5.41 Å². The Bertz CT molecular complexity index is 261. The van der Waals surface area contributed by atoms with Crippen molar-refractivity contribution in [3.63, 3.8) is 0 Å². The van der Waals surface area contributed by atoms with Crippen molar-refractivity contribution in [1.29, 1.82) is 0 Å². The molecule has 0 unspecified atom stereocenters. The Balaban J connectivity index is 3.01. The molecule has 0 amide bonds. The highest BCUT2D eigenvalue weighted by molar-refractivity contribution is 5.38. The highest BCUT2D eigenvalue weighted by Crippen LogP contribution is 2.31. The molecule has 0 saturated heterocycles. The van der Waals surface area contributed by atoms with Crippen molar-refractivity contribution in [3.05, 3.63) is 35.6 Å². The van der Waals surface area contributed by atoms with Gasteiger partial charge in [-0.05, 0) is 23.5 Å². The van der Waals surface area contributed by atoms with E-state index in [1.807, 2.05) is 7.05 Å². The summed E-state index contributed by atoms with van der Waals surface area (Å²) in [6.45, 7) is 6.74. The SMILES string of the molecule is CNC1=CC=CCC=C1C(C)(C)C. The van der Waals surface area contributed by atoms with Gasteiger partial charge in [0.2, 0.25) is 0 Å². The monoisotopic (exact) mass is 177 g/mol. The summed E-state index contributed by atoms with van der Waals surface area (Å²) in [6.07, 6.45) is 9.77. The lowest BCUT2D eigenvalue weighted by atomic mass is 9.84. The van der Waals surface area contributed by atoms with Gasteiger partial charge < -0.3 is 5.32 Å². The maximum absolute atomic E-state index is 3.24. The smallest absolute Gasteiger partial charge is 0.0372 e. The van der Waals surface area contributed by atoms with E-state index in [4.69, 9.17) is 0 Å². The van der Waals surface area contributed by atoms with Crippen LogP contribution < -0.4 is 5.32 Å². The van der Waals surface area contributed by atoms with Crippen LogP contribution in [0.1, 0.15) is 27.2 Å². The highest BCUT2D eigenvalue weighted by Gasteiger charge is 2.19. The average Bonchev–Trinajstić information content (AvgIpc) is 2.26. The van der Waals surface area contributed by atoms with Gasteiger partial charge in [-0.1, -0.05) is 39.0 Å². The summed E-state index contributed by atoms with van der Waals surface area (Å²) in [4.78, 5) is 0. The third-order valence-electron chi connectivity index (χ3n) is 2.22. The van der Waals surface area contributed by atoms with Gasteiger partial charge in [0.25, 0.3) is 0 Å². The summed E-state index contributed by atoms with van der Waals surface area (Å²) < 4.78 is 0. The second-order valence-electron chi connectivity index (χ2n) is 4.36. The topological polar surface area (TPSA) is 12.0 Å². The molecule has 0 atom stereocenters. The first kappa shape index (κ1) is 10.1. The van der Waals surface area contributed by atoms with Crippen molar-refractivity contribution in [2.75, 3.05) is 7.05 Å². The molecule has 0 heterocycles. The van der Waals surface area contributed by atoms with Crippen LogP contribution in [-0.4, -0.2) is 7.05 Å². The molecule has 1 nitrogen and oxygen atoms in total. The summed E-state index contributed by atoms with van der Waals surface area (Å²) in [5, 5.41) is 3.24. The number of hydrogen-bond donors (Lipinski definition) is 1. The summed E-state index contributed by atoms with van der Waals surface area (Å²) in [5.74, 6) is 0. The van der Waals surface area contributed by atoms with E-state index in [1.54, 1.807) is 0 Å². The van der Waals surface area contributed by atoms with Crippen LogP contribution in [0.25, 0.3) is 0 Å². The van der Waals surface area contributed by atoms with Crippen molar-refractivity contribution >= 4 is 0 Å². The van der Waals surface area contributed by atoms with Crippen molar-refractivity contribution in [2.45, 2.75) is 27.2 Å². The lowest BCUT2D eigenvalue weighted by Gasteiger charge is -2.25. The van der Waals surface area contributed by atoms with Crippen molar-refractivity contribution in [1.82, 2.24) is 5.32 Å². The molecule has 1 rings (SSSR count). The fourth-order valence-corrected chi connectivity index (χ4v) is 1.56. The number of allylic oxidation sites excluding steroid dienone is 5. The number of hydrogen-bond acceptors (Lipinski definition) is 1.